The number of amides is 1. The van der Waals surface area contributed by atoms with E-state index < -0.39 is 0 Å². The van der Waals surface area contributed by atoms with E-state index in [1.165, 1.54) is 6.42 Å². The molecule has 4 heteroatoms. The van der Waals surface area contributed by atoms with Crippen LogP contribution in [0.2, 0.25) is 0 Å². The summed E-state index contributed by atoms with van der Waals surface area (Å²) in [5, 5.41) is 0. The molecule has 0 bridgehead atoms. The third-order valence-electron chi connectivity index (χ3n) is 2.66. The molecule has 2 rings (SSSR count). The molecule has 1 saturated heterocycles. The maximum Gasteiger partial charge on any atom is 0.274 e. The second-order valence-corrected chi connectivity index (χ2v) is 3.95. The minimum absolute atomic E-state index is 0.0535. The van der Waals surface area contributed by atoms with E-state index in [9.17, 15) is 4.79 Å². The van der Waals surface area contributed by atoms with Crippen LogP contribution in [0.15, 0.2) is 12.5 Å². The number of rotatable bonds is 1. The highest BCUT2D eigenvalue weighted by Crippen LogP contribution is 2.16. The Morgan fingerprint density at radius 2 is 2.57 bits per heavy atom. The van der Waals surface area contributed by atoms with E-state index in [1.807, 2.05) is 4.90 Å². The van der Waals surface area contributed by atoms with Crippen LogP contribution in [0, 0.1) is 5.92 Å². The van der Waals surface area contributed by atoms with Gasteiger partial charge >= 0.3 is 0 Å². The van der Waals surface area contributed by atoms with E-state index in [2.05, 4.69) is 16.9 Å². The summed E-state index contributed by atoms with van der Waals surface area (Å²) in [4.78, 5) is 20.5. The van der Waals surface area contributed by atoms with Crippen LogP contribution in [0.1, 0.15) is 30.3 Å². The fourth-order valence-corrected chi connectivity index (χ4v) is 1.91. The predicted octanol–water partition coefficient (Wildman–Crippen LogP) is 1.28. The van der Waals surface area contributed by atoms with Crippen molar-refractivity contribution in [2.75, 3.05) is 13.1 Å². The topological polar surface area (TPSA) is 49.0 Å². The Bertz CT molecular complexity index is 307. The van der Waals surface area contributed by atoms with Crippen molar-refractivity contribution in [2.24, 2.45) is 5.92 Å². The predicted molar refractivity (Wildman–Crippen MR) is 52.9 cm³/mol. The summed E-state index contributed by atoms with van der Waals surface area (Å²) in [6, 6.07) is 0. The first-order valence-corrected chi connectivity index (χ1v) is 5.05. The van der Waals surface area contributed by atoms with Gasteiger partial charge in [0.25, 0.3) is 5.91 Å². The van der Waals surface area contributed by atoms with Crippen LogP contribution in [-0.2, 0) is 0 Å². The summed E-state index contributed by atoms with van der Waals surface area (Å²) in [6.45, 7) is 3.92. The summed E-state index contributed by atoms with van der Waals surface area (Å²) < 4.78 is 0. The maximum absolute atomic E-state index is 11.8. The largest absolute Gasteiger partial charge is 0.350 e. The molecule has 0 radical (unpaired) electrons. The van der Waals surface area contributed by atoms with Crippen molar-refractivity contribution in [3.05, 3.63) is 18.2 Å². The van der Waals surface area contributed by atoms with Crippen molar-refractivity contribution < 1.29 is 4.79 Å². The van der Waals surface area contributed by atoms with Crippen LogP contribution >= 0.6 is 0 Å². The summed E-state index contributed by atoms with van der Waals surface area (Å²) >= 11 is 0. The molecule has 1 aromatic rings. The lowest BCUT2D eigenvalue weighted by Crippen LogP contribution is -2.39. The molecular formula is C10H15N3O. The number of piperidine rings is 1. The van der Waals surface area contributed by atoms with Crippen LogP contribution in [0.3, 0.4) is 0 Å². The van der Waals surface area contributed by atoms with Crippen molar-refractivity contribution in [1.82, 2.24) is 14.9 Å². The molecule has 1 aliphatic rings. The van der Waals surface area contributed by atoms with E-state index in [0.717, 1.165) is 19.5 Å². The van der Waals surface area contributed by atoms with Crippen molar-refractivity contribution in [2.45, 2.75) is 19.8 Å². The van der Waals surface area contributed by atoms with Crippen molar-refractivity contribution in [3.63, 3.8) is 0 Å². The van der Waals surface area contributed by atoms with Gasteiger partial charge in [0.2, 0.25) is 0 Å². The SMILES string of the molecule is CC1CCCN(C(=O)c2c[nH]cn2)C1. The monoisotopic (exact) mass is 193 g/mol. The molecule has 1 N–H and O–H groups in total. The standard InChI is InChI=1S/C10H15N3O/c1-8-3-2-4-13(6-8)10(14)9-5-11-7-12-9/h5,7-8H,2-4,6H2,1H3,(H,11,12). The zero-order valence-electron chi connectivity index (χ0n) is 8.36. The molecular weight excluding hydrogens is 178 g/mol. The number of aromatic nitrogens is 2. The quantitative estimate of drug-likeness (QED) is 0.730. The first-order valence-electron chi connectivity index (χ1n) is 5.05. The highest BCUT2D eigenvalue weighted by atomic mass is 16.2. The molecule has 0 saturated carbocycles. The van der Waals surface area contributed by atoms with E-state index in [1.54, 1.807) is 12.5 Å². The van der Waals surface area contributed by atoms with Gasteiger partial charge in [0.05, 0.1) is 6.33 Å². The van der Waals surface area contributed by atoms with E-state index in [0.29, 0.717) is 11.6 Å². The third-order valence-corrected chi connectivity index (χ3v) is 2.66. The van der Waals surface area contributed by atoms with Crippen molar-refractivity contribution in [3.8, 4) is 0 Å². The van der Waals surface area contributed by atoms with Gasteiger partial charge in [-0.15, -0.1) is 0 Å². The number of carbonyl (C=O) groups excluding carboxylic acids is 1. The Labute approximate surface area is 83.3 Å². The van der Waals surface area contributed by atoms with Gasteiger partial charge in [0, 0.05) is 19.3 Å². The summed E-state index contributed by atoms with van der Waals surface area (Å²) in [5.74, 6) is 0.671. The van der Waals surface area contributed by atoms with Gasteiger partial charge < -0.3 is 9.88 Å². The van der Waals surface area contributed by atoms with Gasteiger partial charge in [-0.3, -0.25) is 4.79 Å². The molecule has 1 unspecified atom stereocenters. The zero-order valence-corrected chi connectivity index (χ0v) is 8.36. The number of nitrogens with one attached hydrogen (secondary N) is 1. The molecule has 0 aliphatic carbocycles. The van der Waals surface area contributed by atoms with E-state index in [4.69, 9.17) is 0 Å². The molecule has 1 fully saturated rings. The Balaban J connectivity index is 2.04. The molecule has 76 valence electrons. The number of likely N-dealkylation sites (tertiary alicyclic amines) is 1. The van der Waals surface area contributed by atoms with Crippen molar-refractivity contribution in [1.29, 1.82) is 0 Å². The average molecular weight is 193 g/mol. The van der Waals surface area contributed by atoms with Crippen LogP contribution in [0.25, 0.3) is 0 Å². The molecule has 14 heavy (non-hydrogen) atoms. The number of carbonyl (C=O) groups is 1. The van der Waals surface area contributed by atoms with Crippen molar-refractivity contribution >= 4 is 5.91 Å². The number of H-pyrrole nitrogens is 1. The average Bonchev–Trinajstić information content (AvgIpc) is 2.69. The lowest BCUT2D eigenvalue weighted by atomic mass is 10.0. The number of hydrogen-bond donors (Lipinski definition) is 1. The second-order valence-electron chi connectivity index (χ2n) is 3.95. The normalized spacial score (nSPS) is 22.4. The van der Waals surface area contributed by atoms with Gasteiger partial charge in [0.1, 0.15) is 5.69 Å². The molecule has 1 aliphatic heterocycles. The van der Waals surface area contributed by atoms with Gasteiger partial charge in [-0.05, 0) is 18.8 Å². The smallest absolute Gasteiger partial charge is 0.274 e. The van der Waals surface area contributed by atoms with Crippen LogP contribution in [0.5, 0.6) is 0 Å². The number of aromatic amines is 1. The maximum atomic E-state index is 11.8. The van der Waals surface area contributed by atoms with Crippen LogP contribution in [0.4, 0.5) is 0 Å². The van der Waals surface area contributed by atoms with Gasteiger partial charge in [-0.1, -0.05) is 6.92 Å². The number of nitrogens with zero attached hydrogens (tertiary/aromatic N) is 2. The van der Waals surface area contributed by atoms with E-state index >= 15 is 0 Å². The summed E-state index contributed by atoms with van der Waals surface area (Å²) in [7, 11) is 0. The van der Waals surface area contributed by atoms with E-state index in [-0.39, 0.29) is 5.91 Å². The first-order chi connectivity index (χ1) is 6.77. The Kier molecular flexibility index (Phi) is 2.52. The highest BCUT2D eigenvalue weighted by molar-refractivity contribution is 5.92. The zero-order chi connectivity index (χ0) is 9.97. The highest BCUT2D eigenvalue weighted by Gasteiger charge is 2.22. The molecule has 1 aromatic heterocycles. The van der Waals surface area contributed by atoms with Gasteiger partial charge in [-0.25, -0.2) is 4.98 Å². The minimum Gasteiger partial charge on any atom is -0.350 e. The summed E-state index contributed by atoms with van der Waals surface area (Å²) in [5.41, 5.74) is 0.527. The third kappa shape index (κ3) is 1.78. The second kappa shape index (κ2) is 3.82. The molecule has 2 heterocycles. The molecule has 0 aromatic carbocycles. The van der Waals surface area contributed by atoms with Crippen LogP contribution in [-0.4, -0.2) is 33.9 Å². The first kappa shape index (κ1) is 9.24. The lowest BCUT2D eigenvalue weighted by molar-refractivity contribution is 0.0677. The Hall–Kier alpha value is -1.32. The van der Waals surface area contributed by atoms with Gasteiger partial charge in [0.15, 0.2) is 0 Å². The lowest BCUT2D eigenvalue weighted by Gasteiger charge is -2.30. The molecule has 1 amide bonds. The molecule has 0 spiro atoms. The number of hydrogen-bond acceptors (Lipinski definition) is 2. The summed E-state index contributed by atoms with van der Waals surface area (Å²) in [6.07, 6.45) is 5.53. The Morgan fingerprint density at radius 3 is 3.21 bits per heavy atom. The fourth-order valence-electron chi connectivity index (χ4n) is 1.91. The van der Waals surface area contributed by atoms with Crippen LogP contribution < -0.4 is 0 Å². The fraction of sp³-hybridized carbons (Fsp3) is 0.600. The van der Waals surface area contributed by atoms with Gasteiger partial charge in [-0.2, -0.15) is 0 Å². The Morgan fingerprint density at radius 1 is 1.71 bits per heavy atom. The molecule has 1 atom stereocenters. The molecule has 4 nitrogen and oxygen atoms in total. The number of imidazole rings is 1. The minimum atomic E-state index is 0.0535.